The van der Waals surface area contributed by atoms with Gasteiger partial charge in [-0.3, -0.25) is 0 Å². The van der Waals surface area contributed by atoms with E-state index in [1.165, 1.54) is 0 Å². The SMILES string of the molecule is C#N.CCC(N)c1ccc(S(=O)(=O)CC)cc1. The summed E-state index contributed by atoms with van der Waals surface area (Å²) in [5.74, 6) is 0.131. The zero-order chi connectivity index (χ0) is 13.5. The van der Waals surface area contributed by atoms with Crippen molar-refractivity contribution in [3.8, 4) is 6.57 Å². The van der Waals surface area contributed by atoms with Gasteiger partial charge in [0.1, 0.15) is 0 Å². The van der Waals surface area contributed by atoms with Gasteiger partial charge in [-0.15, -0.1) is 0 Å². The highest BCUT2D eigenvalue weighted by Gasteiger charge is 2.11. The molecule has 0 spiro atoms. The number of benzene rings is 1. The summed E-state index contributed by atoms with van der Waals surface area (Å²) in [6, 6.07) is 6.82. The molecule has 17 heavy (non-hydrogen) atoms. The molecule has 0 aromatic heterocycles. The van der Waals surface area contributed by atoms with Gasteiger partial charge in [-0.2, -0.15) is 0 Å². The van der Waals surface area contributed by atoms with Gasteiger partial charge in [0.05, 0.1) is 10.6 Å². The quantitative estimate of drug-likeness (QED) is 0.891. The molecule has 1 unspecified atom stereocenters. The van der Waals surface area contributed by atoms with Crippen LogP contribution in [0.1, 0.15) is 31.9 Å². The van der Waals surface area contributed by atoms with E-state index in [1.807, 2.05) is 6.92 Å². The molecule has 2 N–H and O–H groups in total. The van der Waals surface area contributed by atoms with Crippen molar-refractivity contribution in [1.29, 1.82) is 5.26 Å². The first-order chi connectivity index (χ1) is 8.01. The fourth-order valence-electron chi connectivity index (χ4n) is 1.32. The van der Waals surface area contributed by atoms with Gasteiger partial charge in [0, 0.05) is 12.6 Å². The van der Waals surface area contributed by atoms with Crippen LogP contribution in [-0.4, -0.2) is 14.2 Å². The molecule has 4 nitrogen and oxygen atoms in total. The summed E-state index contributed by atoms with van der Waals surface area (Å²) in [5.41, 5.74) is 6.82. The van der Waals surface area contributed by atoms with Gasteiger partial charge in [-0.1, -0.05) is 26.0 Å². The van der Waals surface area contributed by atoms with Gasteiger partial charge in [0.25, 0.3) is 0 Å². The summed E-state index contributed by atoms with van der Waals surface area (Å²) in [4.78, 5) is 0.372. The molecule has 1 rings (SSSR count). The first-order valence-electron chi connectivity index (χ1n) is 5.35. The van der Waals surface area contributed by atoms with Crippen LogP contribution in [0.4, 0.5) is 0 Å². The van der Waals surface area contributed by atoms with Crippen molar-refractivity contribution in [3.05, 3.63) is 29.8 Å². The molecule has 94 valence electrons. The van der Waals surface area contributed by atoms with E-state index in [0.29, 0.717) is 4.90 Å². The minimum atomic E-state index is -3.09. The first-order valence-corrected chi connectivity index (χ1v) is 7.00. The lowest BCUT2D eigenvalue weighted by atomic mass is 10.1. The molecule has 0 aliphatic heterocycles. The van der Waals surface area contributed by atoms with E-state index in [0.717, 1.165) is 12.0 Å². The average Bonchev–Trinajstić information content (AvgIpc) is 2.40. The normalized spacial score (nSPS) is 12.3. The van der Waals surface area contributed by atoms with E-state index in [2.05, 4.69) is 6.57 Å². The van der Waals surface area contributed by atoms with Gasteiger partial charge < -0.3 is 5.73 Å². The third-order valence-corrected chi connectivity index (χ3v) is 4.24. The maximum Gasteiger partial charge on any atom is 0.178 e. The molecule has 0 saturated heterocycles. The maximum atomic E-state index is 11.5. The smallest absolute Gasteiger partial charge is 0.178 e. The van der Waals surface area contributed by atoms with Crippen LogP contribution in [0, 0.1) is 11.8 Å². The van der Waals surface area contributed by atoms with Crippen molar-refractivity contribution >= 4 is 9.84 Å². The van der Waals surface area contributed by atoms with Crippen LogP contribution < -0.4 is 5.73 Å². The van der Waals surface area contributed by atoms with Gasteiger partial charge in [0.15, 0.2) is 9.84 Å². The standard InChI is InChI=1S/C11H17NO2S.CHN/c1-3-11(12)9-5-7-10(8-6-9)15(13,14)4-2;1-2/h5-8,11H,3-4,12H2,1-2H3;1H. The highest BCUT2D eigenvalue weighted by molar-refractivity contribution is 7.91. The van der Waals surface area contributed by atoms with Crippen LogP contribution in [0.25, 0.3) is 0 Å². The third kappa shape index (κ3) is 4.17. The van der Waals surface area contributed by atoms with Crippen LogP contribution in [0.2, 0.25) is 0 Å². The molecule has 0 saturated carbocycles. The molecule has 1 aromatic carbocycles. The topological polar surface area (TPSA) is 83.9 Å². The van der Waals surface area contributed by atoms with E-state index in [4.69, 9.17) is 11.0 Å². The molecule has 0 heterocycles. The summed E-state index contributed by atoms with van der Waals surface area (Å²) in [5, 5.41) is 6.50. The van der Waals surface area contributed by atoms with E-state index < -0.39 is 9.84 Å². The fourth-order valence-corrected chi connectivity index (χ4v) is 2.21. The molecule has 0 aliphatic carbocycles. The second-order valence-corrected chi connectivity index (χ2v) is 5.77. The summed E-state index contributed by atoms with van der Waals surface area (Å²) >= 11 is 0. The molecular formula is C12H18N2O2S. The Hall–Kier alpha value is -1.38. The largest absolute Gasteiger partial charge is 0.324 e. The van der Waals surface area contributed by atoms with E-state index >= 15 is 0 Å². The van der Waals surface area contributed by atoms with Gasteiger partial charge in [-0.05, 0) is 24.1 Å². The molecule has 0 aliphatic rings. The van der Waals surface area contributed by atoms with Crippen molar-refractivity contribution < 1.29 is 8.42 Å². The Labute approximate surface area is 103 Å². The fraction of sp³-hybridized carbons (Fsp3) is 0.417. The number of hydrogen-bond donors (Lipinski definition) is 1. The van der Waals surface area contributed by atoms with Crippen molar-refractivity contribution in [1.82, 2.24) is 0 Å². The van der Waals surface area contributed by atoms with Crippen LogP contribution >= 0.6 is 0 Å². The van der Waals surface area contributed by atoms with Crippen LogP contribution in [0.3, 0.4) is 0 Å². The average molecular weight is 254 g/mol. The summed E-state index contributed by atoms with van der Waals surface area (Å²) in [7, 11) is -3.09. The third-order valence-electron chi connectivity index (χ3n) is 2.49. The van der Waals surface area contributed by atoms with Gasteiger partial charge in [-0.25, -0.2) is 13.7 Å². The Morgan fingerprint density at radius 2 is 1.71 bits per heavy atom. The van der Waals surface area contributed by atoms with Gasteiger partial charge >= 0.3 is 0 Å². The number of hydrogen-bond acceptors (Lipinski definition) is 4. The van der Waals surface area contributed by atoms with Gasteiger partial charge in [0.2, 0.25) is 0 Å². The summed E-state index contributed by atoms with van der Waals surface area (Å²) in [6.45, 7) is 7.14. The predicted molar refractivity (Wildman–Crippen MR) is 68.1 cm³/mol. The van der Waals surface area contributed by atoms with Crippen molar-refractivity contribution in [2.45, 2.75) is 31.2 Å². The second-order valence-electron chi connectivity index (χ2n) is 3.49. The summed E-state index contributed by atoms with van der Waals surface area (Å²) < 4.78 is 23.0. The monoisotopic (exact) mass is 254 g/mol. The molecule has 5 heteroatoms. The van der Waals surface area contributed by atoms with Crippen molar-refractivity contribution in [2.24, 2.45) is 5.73 Å². The van der Waals surface area contributed by atoms with Crippen LogP contribution in [0.5, 0.6) is 0 Å². The first kappa shape index (κ1) is 15.6. The Morgan fingerprint density at radius 1 is 1.24 bits per heavy atom. The lowest BCUT2D eigenvalue weighted by molar-refractivity contribution is 0.597. The Bertz CT molecular complexity index is 449. The zero-order valence-corrected chi connectivity index (χ0v) is 10.9. The minimum Gasteiger partial charge on any atom is -0.324 e. The van der Waals surface area contributed by atoms with E-state index in [-0.39, 0.29) is 11.8 Å². The lowest BCUT2D eigenvalue weighted by Gasteiger charge is -2.09. The van der Waals surface area contributed by atoms with Crippen LogP contribution in [-0.2, 0) is 9.84 Å². The Morgan fingerprint density at radius 3 is 2.06 bits per heavy atom. The molecule has 0 amide bonds. The Kier molecular flexibility index (Phi) is 6.47. The lowest BCUT2D eigenvalue weighted by Crippen LogP contribution is -2.09. The maximum absolute atomic E-state index is 11.5. The number of nitriles is 1. The minimum absolute atomic E-state index is 0.0108. The zero-order valence-electron chi connectivity index (χ0n) is 10.1. The number of nitrogens with zero attached hydrogens (tertiary/aromatic N) is 1. The van der Waals surface area contributed by atoms with Crippen molar-refractivity contribution in [2.75, 3.05) is 5.75 Å². The molecule has 0 fully saturated rings. The highest BCUT2D eigenvalue weighted by atomic mass is 32.2. The summed E-state index contributed by atoms with van der Waals surface area (Å²) in [6.07, 6.45) is 0.847. The number of rotatable bonds is 4. The van der Waals surface area contributed by atoms with E-state index in [1.54, 1.807) is 31.2 Å². The molecular weight excluding hydrogens is 236 g/mol. The highest BCUT2D eigenvalue weighted by Crippen LogP contribution is 2.17. The number of sulfone groups is 1. The van der Waals surface area contributed by atoms with E-state index in [9.17, 15) is 8.42 Å². The molecule has 0 bridgehead atoms. The second kappa shape index (κ2) is 7.05. The molecule has 0 radical (unpaired) electrons. The number of nitrogens with two attached hydrogens (primary N) is 1. The molecule has 1 aromatic rings. The molecule has 1 atom stereocenters. The van der Waals surface area contributed by atoms with Crippen LogP contribution in [0.15, 0.2) is 29.2 Å². The predicted octanol–water partition coefficient (Wildman–Crippen LogP) is 2.03. The van der Waals surface area contributed by atoms with Crippen molar-refractivity contribution in [3.63, 3.8) is 0 Å². The Balaban J connectivity index is 0.00000121.